The molecule has 2 N–H and O–H groups in total. The summed E-state index contributed by atoms with van der Waals surface area (Å²) in [5, 5.41) is 19.4. The van der Waals surface area contributed by atoms with E-state index in [-0.39, 0.29) is 18.1 Å². The standard InChI is InChI=1S/C21H23N5O/c1-4-25-17-8-6-5-7-16(17)23-21(25)19-18(27)13-26(20(19)22)15-11-9-14(10-12-15)24(2)3/h5-12,22,27H,4,13H2,1-3H3. The van der Waals surface area contributed by atoms with Crippen LogP contribution in [0.2, 0.25) is 0 Å². The Balaban J connectivity index is 1.73. The number of rotatable bonds is 4. The molecule has 0 aliphatic carbocycles. The van der Waals surface area contributed by atoms with Crippen LogP contribution >= 0.6 is 0 Å². The molecule has 0 saturated carbocycles. The first-order valence-electron chi connectivity index (χ1n) is 9.03. The van der Waals surface area contributed by atoms with Gasteiger partial charge in [-0.1, -0.05) is 12.1 Å². The van der Waals surface area contributed by atoms with Crippen molar-refractivity contribution in [2.45, 2.75) is 13.5 Å². The molecule has 0 radical (unpaired) electrons. The highest BCUT2D eigenvalue weighted by Gasteiger charge is 2.32. The fourth-order valence-electron chi connectivity index (χ4n) is 3.55. The normalized spacial score (nSPS) is 14.5. The van der Waals surface area contributed by atoms with E-state index in [1.807, 2.05) is 83.9 Å². The monoisotopic (exact) mass is 361 g/mol. The SMILES string of the molecule is CCn1c(C2=C(O)CN(c3ccc(N(C)C)cc3)C2=N)nc2ccccc21. The Hall–Kier alpha value is -3.28. The average molecular weight is 361 g/mol. The minimum atomic E-state index is 0.182. The summed E-state index contributed by atoms with van der Waals surface area (Å²) in [6, 6.07) is 15.9. The summed E-state index contributed by atoms with van der Waals surface area (Å²) in [6.45, 7) is 3.05. The van der Waals surface area contributed by atoms with Gasteiger partial charge in [0.25, 0.3) is 0 Å². The number of amidine groups is 1. The lowest BCUT2D eigenvalue weighted by atomic mass is 10.2. The molecule has 0 saturated heterocycles. The van der Waals surface area contributed by atoms with E-state index in [4.69, 9.17) is 10.4 Å². The predicted molar refractivity (Wildman–Crippen MR) is 111 cm³/mol. The number of nitrogens with one attached hydrogen (secondary N) is 1. The highest BCUT2D eigenvalue weighted by atomic mass is 16.3. The number of imidazole rings is 1. The number of hydrogen-bond acceptors (Lipinski definition) is 4. The first-order chi connectivity index (χ1) is 13.0. The molecule has 3 aromatic rings. The summed E-state index contributed by atoms with van der Waals surface area (Å²) in [7, 11) is 3.99. The lowest BCUT2D eigenvalue weighted by Crippen LogP contribution is -2.26. The topological polar surface area (TPSA) is 68.4 Å². The number of para-hydroxylation sites is 2. The van der Waals surface area contributed by atoms with E-state index >= 15 is 0 Å². The van der Waals surface area contributed by atoms with Crippen LogP contribution in [0.5, 0.6) is 0 Å². The molecular weight excluding hydrogens is 338 g/mol. The number of aryl methyl sites for hydroxylation is 1. The zero-order chi connectivity index (χ0) is 19.1. The molecule has 6 nitrogen and oxygen atoms in total. The molecule has 0 bridgehead atoms. The Bertz CT molecular complexity index is 1050. The van der Waals surface area contributed by atoms with Crippen molar-refractivity contribution in [3.8, 4) is 0 Å². The summed E-state index contributed by atoms with van der Waals surface area (Å²) in [5.74, 6) is 1.10. The summed E-state index contributed by atoms with van der Waals surface area (Å²) >= 11 is 0. The number of fused-ring (bicyclic) bond motifs is 1. The fourth-order valence-corrected chi connectivity index (χ4v) is 3.55. The maximum absolute atomic E-state index is 10.7. The summed E-state index contributed by atoms with van der Waals surface area (Å²) in [6.07, 6.45) is 0. The van der Waals surface area contributed by atoms with Crippen molar-refractivity contribution in [2.24, 2.45) is 0 Å². The Labute approximate surface area is 158 Å². The van der Waals surface area contributed by atoms with Crippen LogP contribution in [0.4, 0.5) is 11.4 Å². The third kappa shape index (κ3) is 2.73. The second-order valence-corrected chi connectivity index (χ2v) is 6.84. The number of aromatic nitrogens is 2. The highest BCUT2D eigenvalue weighted by Crippen LogP contribution is 2.33. The van der Waals surface area contributed by atoms with E-state index in [0.29, 0.717) is 11.4 Å². The summed E-state index contributed by atoms with van der Waals surface area (Å²) in [4.78, 5) is 8.54. The number of anilines is 2. The molecule has 6 heteroatoms. The number of nitrogens with zero attached hydrogens (tertiary/aromatic N) is 4. The van der Waals surface area contributed by atoms with Crippen molar-refractivity contribution in [3.05, 3.63) is 60.1 Å². The van der Waals surface area contributed by atoms with Gasteiger partial charge >= 0.3 is 0 Å². The van der Waals surface area contributed by atoms with Crippen molar-refractivity contribution in [1.29, 1.82) is 5.41 Å². The van der Waals surface area contributed by atoms with Crippen LogP contribution < -0.4 is 9.80 Å². The van der Waals surface area contributed by atoms with Gasteiger partial charge in [0.05, 0.1) is 23.2 Å². The van der Waals surface area contributed by atoms with Crippen LogP contribution in [0.1, 0.15) is 12.7 Å². The van der Waals surface area contributed by atoms with Gasteiger partial charge < -0.3 is 19.5 Å². The van der Waals surface area contributed by atoms with Crippen molar-refractivity contribution in [3.63, 3.8) is 0 Å². The molecule has 2 aromatic carbocycles. The van der Waals surface area contributed by atoms with E-state index in [0.717, 1.165) is 29.0 Å². The van der Waals surface area contributed by atoms with Crippen molar-refractivity contribution >= 4 is 33.8 Å². The van der Waals surface area contributed by atoms with Crippen LogP contribution in [0, 0.1) is 5.41 Å². The third-order valence-electron chi connectivity index (χ3n) is 4.98. The first kappa shape index (κ1) is 17.1. The van der Waals surface area contributed by atoms with Gasteiger partial charge in [0.1, 0.15) is 17.4 Å². The average Bonchev–Trinajstić information content (AvgIpc) is 3.18. The molecule has 1 aromatic heterocycles. The van der Waals surface area contributed by atoms with E-state index in [1.165, 1.54) is 0 Å². The van der Waals surface area contributed by atoms with Gasteiger partial charge in [-0.2, -0.15) is 0 Å². The smallest absolute Gasteiger partial charge is 0.148 e. The third-order valence-corrected chi connectivity index (χ3v) is 4.98. The highest BCUT2D eigenvalue weighted by molar-refractivity contribution is 6.30. The van der Waals surface area contributed by atoms with Crippen molar-refractivity contribution in [1.82, 2.24) is 9.55 Å². The van der Waals surface area contributed by atoms with Crippen molar-refractivity contribution < 1.29 is 5.11 Å². The Morgan fingerprint density at radius 2 is 1.81 bits per heavy atom. The Kier molecular flexibility index (Phi) is 4.11. The van der Waals surface area contributed by atoms with Gasteiger partial charge in [-0.3, -0.25) is 5.41 Å². The molecule has 1 aliphatic heterocycles. The molecular formula is C21H23N5O. The van der Waals surface area contributed by atoms with Crippen LogP contribution in [0.15, 0.2) is 54.3 Å². The maximum atomic E-state index is 10.7. The number of aliphatic hydroxyl groups excluding tert-OH is 1. The van der Waals surface area contributed by atoms with Gasteiger partial charge in [-0.05, 0) is 43.3 Å². The summed E-state index contributed by atoms with van der Waals surface area (Å²) < 4.78 is 2.05. The largest absolute Gasteiger partial charge is 0.509 e. The minimum absolute atomic E-state index is 0.182. The number of aliphatic hydroxyl groups is 1. The molecule has 27 heavy (non-hydrogen) atoms. The molecule has 0 spiro atoms. The molecule has 0 unspecified atom stereocenters. The molecule has 1 aliphatic rings. The Morgan fingerprint density at radius 1 is 1.11 bits per heavy atom. The molecule has 0 amide bonds. The number of benzene rings is 2. The van der Waals surface area contributed by atoms with Crippen LogP contribution in [0.25, 0.3) is 16.6 Å². The zero-order valence-electron chi connectivity index (χ0n) is 15.8. The van der Waals surface area contributed by atoms with Crippen LogP contribution in [-0.2, 0) is 6.54 Å². The number of hydrogen-bond donors (Lipinski definition) is 2. The maximum Gasteiger partial charge on any atom is 0.148 e. The quantitative estimate of drug-likeness (QED) is 0.740. The molecule has 4 rings (SSSR count). The molecule has 0 fully saturated rings. The lowest BCUT2D eigenvalue weighted by molar-refractivity contribution is 0.411. The fraction of sp³-hybridized carbons (Fsp3) is 0.238. The van der Waals surface area contributed by atoms with Gasteiger partial charge in [0, 0.05) is 32.0 Å². The van der Waals surface area contributed by atoms with Gasteiger partial charge in [-0.15, -0.1) is 0 Å². The lowest BCUT2D eigenvalue weighted by Gasteiger charge is -2.20. The first-order valence-corrected chi connectivity index (χ1v) is 9.03. The molecule has 2 heterocycles. The summed E-state index contributed by atoms with van der Waals surface area (Å²) in [5.41, 5.74) is 4.36. The predicted octanol–water partition coefficient (Wildman–Crippen LogP) is 3.89. The second kappa shape index (κ2) is 6.46. The van der Waals surface area contributed by atoms with Gasteiger partial charge in [0.2, 0.25) is 0 Å². The zero-order valence-corrected chi connectivity index (χ0v) is 15.8. The van der Waals surface area contributed by atoms with Crippen LogP contribution in [-0.4, -0.2) is 41.1 Å². The van der Waals surface area contributed by atoms with Crippen LogP contribution in [0.3, 0.4) is 0 Å². The van der Waals surface area contributed by atoms with Gasteiger partial charge in [0.15, 0.2) is 0 Å². The van der Waals surface area contributed by atoms with E-state index in [9.17, 15) is 5.11 Å². The van der Waals surface area contributed by atoms with E-state index < -0.39 is 0 Å². The van der Waals surface area contributed by atoms with Gasteiger partial charge in [-0.25, -0.2) is 4.98 Å². The molecule has 0 atom stereocenters. The van der Waals surface area contributed by atoms with E-state index in [1.54, 1.807) is 0 Å². The molecule has 138 valence electrons. The second-order valence-electron chi connectivity index (χ2n) is 6.84. The minimum Gasteiger partial charge on any atom is -0.509 e. The Morgan fingerprint density at radius 3 is 2.48 bits per heavy atom. The van der Waals surface area contributed by atoms with Crippen molar-refractivity contribution in [2.75, 3.05) is 30.4 Å². The van der Waals surface area contributed by atoms with E-state index in [2.05, 4.69) is 0 Å².